The van der Waals surface area contributed by atoms with Gasteiger partial charge in [-0.15, -0.1) is 0 Å². The predicted molar refractivity (Wildman–Crippen MR) is 202 cm³/mol. The van der Waals surface area contributed by atoms with E-state index in [-0.39, 0.29) is 30.1 Å². The molecular formula is C38H63FN8S. The first-order chi connectivity index (χ1) is 23.1. The second kappa shape index (κ2) is 17.3. The maximum Gasteiger partial charge on any atom is 0.122 e. The maximum atomic E-state index is 14.5. The largest absolute Gasteiger partial charge is 0.362 e. The van der Waals surface area contributed by atoms with Crippen molar-refractivity contribution in [3.63, 3.8) is 0 Å². The van der Waals surface area contributed by atoms with Crippen LogP contribution in [0, 0.1) is 0 Å². The number of aliphatic imine (C=N–C) groups is 1. The zero-order valence-electron chi connectivity index (χ0n) is 30.7. The van der Waals surface area contributed by atoms with Gasteiger partial charge in [-0.1, -0.05) is 32.1 Å². The van der Waals surface area contributed by atoms with E-state index in [1.807, 2.05) is 32.5 Å². The summed E-state index contributed by atoms with van der Waals surface area (Å²) in [5, 5.41) is 4.71. The normalized spacial score (nSPS) is 31.0. The van der Waals surface area contributed by atoms with Gasteiger partial charge in [0.2, 0.25) is 0 Å². The third-order valence-corrected chi connectivity index (χ3v) is 12.1. The smallest absolute Gasteiger partial charge is 0.122 e. The molecule has 3 aliphatic heterocycles. The van der Waals surface area contributed by atoms with Crippen LogP contribution in [-0.2, 0) is 0 Å². The molecule has 0 radical (unpaired) electrons. The Labute approximate surface area is 295 Å². The first-order valence-corrected chi connectivity index (χ1v) is 19.5. The van der Waals surface area contributed by atoms with Gasteiger partial charge in [0, 0.05) is 87.3 Å². The zero-order valence-corrected chi connectivity index (χ0v) is 31.6. The quantitative estimate of drug-likeness (QED) is 0.175. The number of nitrogens with zero attached hydrogens (tertiary/aromatic N) is 6. The molecule has 1 saturated carbocycles. The lowest BCUT2D eigenvalue weighted by atomic mass is 9.92. The van der Waals surface area contributed by atoms with Crippen LogP contribution in [0.4, 0.5) is 4.39 Å². The molecule has 5 aliphatic rings. The van der Waals surface area contributed by atoms with Crippen molar-refractivity contribution in [1.82, 2.24) is 29.2 Å². The number of hydrogen-bond acceptors (Lipinski definition) is 9. The van der Waals surface area contributed by atoms with Crippen LogP contribution in [0.1, 0.15) is 86.5 Å². The summed E-state index contributed by atoms with van der Waals surface area (Å²) >= 11 is 1.60. The summed E-state index contributed by atoms with van der Waals surface area (Å²) < 4.78 is 16.7. The molecule has 3 heterocycles. The van der Waals surface area contributed by atoms with Crippen LogP contribution in [0.15, 0.2) is 63.1 Å². The molecule has 0 spiro atoms. The molecule has 2 aliphatic carbocycles. The number of nitrogens with one attached hydrogen (secondary N) is 1. The molecule has 0 aromatic carbocycles. The Bertz CT molecular complexity index is 1270. The number of hydrogen-bond donors (Lipinski definition) is 2. The zero-order chi connectivity index (χ0) is 34.4. The van der Waals surface area contributed by atoms with Gasteiger partial charge in [-0.2, -0.15) is 0 Å². The maximum absolute atomic E-state index is 14.5. The van der Waals surface area contributed by atoms with Crippen molar-refractivity contribution in [2.45, 2.75) is 129 Å². The molecule has 0 aromatic rings. The van der Waals surface area contributed by atoms with Gasteiger partial charge in [-0.25, -0.2) is 13.7 Å². The van der Waals surface area contributed by atoms with Gasteiger partial charge in [-0.3, -0.25) is 14.7 Å². The standard InChI is InChI=1S/C38H63FN8S/c1-8-12-33(28(5)39)29(6)47(17-9-2)48-38-24-37(43(7)26-41-38)42-35-23-34(40)36(22-30(35)10-3)44-18-11-13-31(16-19-44)45-20-21-46(27(4)25-45)32-14-15-32/h8,12,22-24,26-27,29,31-32,34,36-37,42H,9-11,13-21,25,40H2,1-7H3/b12-8-,33-28-. The van der Waals surface area contributed by atoms with Gasteiger partial charge in [0.1, 0.15) is 17.0 Å². The summed E-state index contributed by atoms with van der Waals surface area (Å²) in [5.74, 6) is -0.141. The fraction of sp³-hybridized carbons (Fsp3) is 0.711. The second-order valence-electron chi connectivity index (χ2n) is 14.5. The van der Waals surface area contributed by atoms with Gasteiger partial charge >= 0.3 is 0 Å². The van der Waals surface area contributed by atoms with Crippen LogP contribution < -0.4 is 11.1 Å². The number of piperazine rings is 1. The molecule has 5 rings (SSSR count). The molecule has 2 saturated heterocycles. The number of allylic oxidation sites excluding steroid dienone is 3. The number of nitrogens with two attached hydrogens (primary N) is 1. The lowest BCUT2D eigenvalue weighted by Crippen LogP contribution is -2.55. The number of likely N-dealkylation sites (N-methyl/N-ethyl adjacent to an activating group) is 1. The highest BCUT2D eigenvalue weighted by molar-refractivity contribution is 8.00. The molecule has 0 bridgehead atoms. The first kappa shape index (κ1) is 37.3. The molecule has 10 heteroatoms. The Morgan fingerprint density at radius 3 is 2.56 bits per heavy atom. The molecular weight excluding hydrogens is 620 g/mol. The van der Waals surface area contributed by atoms with Crippen LogP contribution in [0.3, 0.4) is 0 Å². The topological polar surface area (TPSA) is 66.6 Å². The van der Waals surface area contributed by atoms with E-state index in [9.17, 15) is 4.39 Å². The minimum Gasteiger partial charge on any atom is -0.362 e. The molecule has 268 valence electrons. The van der Waals surface area contributed by atoms with E-state index in [1.165, 1.54) is 57.3 Å². The number of likely N-dealkylation sites (tertiary alicyclic amines) is 1. The lowest BCUT2D eigenvalue weighted by molar-refractivity contribution is 0.0454. The van der Waals surface area contributed by atoms with E-state index < -0.39 is 0 Å². The van der Waals surface area contributed by atoms with Crippen molar-refractivity contribution in [3.05, 3.63) is 58.1 Å². The van der Waals surface area contributed by atoms with Crippen molar-refractivity contribution in [2.75, 3.05) is 46.3 Å². The average molecular weight is 683 g/mol. The average Bonchev–Trinajstić information content (AvgIpc) is 3.92. The van der Waals surface area contributed by atoms with Gasteiger partial charge in [-0.05, 0) is 109 Å². The summed E-state index contributed by atoms with van der Waals surface area (Å²) in [7, 11) is 2.05. The minimum absolute atomic E-state index is 0.0658. The van der Waals surface area contributed by atoms with Crippen molar-refractivity contribution in [3.8, 4) is 0 Å². The van der Waals surface area contributed by atoms with E-state index in [4.69, 9.17) is 10.7 Å². The highest BCUT2D eigenvalue weighted by atomic mass is 32.2. The van der Waals surface area contributed by atoms with E-state index in [2.05, 4.69) is 75.1 Å². The number of rotatable bonds is 13. The van der Waals surface area contributed by atoms with Crippen molar-refractivity contribution >= 4 is 18.3 Å². The van der Waals surface area contributed by atoms with Crippen molar-refractivity contribution < 1.29 is 4.39 Å². The summed E-state index contributed by atoms with van der Waals surface area (Å²) in [6.07, 6.45) is 21.0. The molecule has 0 aromatic heterocycles. The lowest BCUT2D eigenvalue weighted by Gasteiger charge is -2.43. The Balaban J connectivity index is 1.21. The molecule has 6 unspecified atom stereocenters. The SMILES string of the molecule is C/C=C\C(=C(/C)F)C(C)N(CCC)SC1=CC(NC2=CC(N)C(N3CCCC(N4CCN(C5CC5)C(C)C4)CC3)C=C2CC)N(C)C=N1. The van der Waals surface area contributed by atoms with E-state index in [1.54, 1.807) is 18.9 Å². The van der Waals surface area contributed by atoms with Gasteiger partial charge < -0.3 is 16.0 Å². The van der Waals surface area contributed by atoms with E-state index in [0.29, 0.717) is 17.7 Å². The predicted octanol–water partition coefficient (Wildman–Crippen LogP) is 6.24. The molecule has 8 nitrogen and oxygen atoms in total. The van der Waals surface area contributed by atoms with E-state index >= 15 is 0 Å². The van der Waals surface area contributed by atoms with Crippen molar-refractivity contribution in [1.29, 1.82) is 0 Å². The molecule has 3 N–H and O–H groups in total. The molecule has 3 fully saturated rings. The second-order valence-corrected chi connectivity index (χ2v) is 15.6. The third kappa shape index (κ3) is 9.23. The Morgan fingerprint density at radius 2 is 1.90 bits per heavy atom. The summed E-state index contributed by atoms with van der Waals surface area (Å²) in [5.41, 5.74) is 10.1. The summed E-state index contributed by atoms with van der Waals surface area (Å²) in [6.45, 7) is 19.1. The van der Waals surface area contributed by atoms with Crippen LogP contribution in [0.2, 0.25) is 0 Å². The van der Waals surface area contributed by atoms with Crippen LogP contribution >= 0.6 is 11.9 Å². The Kier molecular flexibility index (Phi) is 13.5. The highest BCUT2D eigenvalue weighted by Crippen LogP contribution is 2.34. The Morgan fingerprint density at radius 1 is 1.10 bits per heavy atom. The third-order valence-electron chi connectivity index (χ3n) is 10.9. The monoisotopic (exact) mass is 682 g/mol. The highest BCUT2D eigenvalue weighted by Gasteiger charge is 2.38. The minimum atomic E-state index is -0.141. The van der Waals surface area contributed by atoms with Gasteiger partial charge in [0.05, 0.1) is 6.34 Å². The summed E-state index contributed by atoms with van der Waals surface area (Å²) in [6, 6.07) is 2.31. The van der Waals surface area contributed by atoms with Crippen molar-refractivity contribution in [2.24, 2.45) is 10.7 Å². The fourth-order valence-corrected chi connectivity index (χ4v) is 9.13. The van der Waals surface area contributed by atoms with Gasteiger partial charge in [0.15, 0.2) is 0 Å². The Hall–Kier alpha value is -1.95. The first-order valence-electron chi connectivity index (χ1n) is 18.7. The van der Waals surface area contributed by atoms with Crippen LogP contribution in [-0.4, -0.2) is 119 Å². The molecule has 48 heavy (non-hydrogen) atoms. The fourth-order valence-electron chi connectivity index (χ4n) is 8.06. The molecule has 0 amide bonds. The van der Waals surface area contributed by atoms with E-state index in [0.717, 1.165) is 49.2 Å². The van der Waals surface area contributed by atoms with Crippen LogP contribution in [0.25, 0.3) is 0 Å². The van der Waals surface area contributed by atoms with Gasteiger partial charge in [0.25, 0.3) is 0 Å². The van der Waals surface area contributed by atoms with Crippen LogP contribution in [0.5, 0.6) is 0 Å². The number of halogens is 1. The summed E-state index contributed by atoms with van der Waals surface area (Å²) in [4.78, 5) is 15.1. The molecule has 6 atom stereocenters.